The number of fused-ring (bicyclic) bond motifs is 2. The number of hydrogen-bond donors (Lipinski definition) is 0. The molecular formula is C24H20ClN5OS. The number of halogens is 1. The quantitative estimate of drug-likeness (QED) is 0.268. The third-order valence-corrected chi connectivity index (χ3v) is 6.77. The Morgan fingerprint density at radius 1 is 1.00 bits per heavy atom. The lowest BCUT2D eigenvalue weighted by Crippen LogP contribution is -2.22. The molecule has 0 saturated carbocycles. The molecule has 0 radical (unpaired) electrons. The standard InChI is InChI=1S/C24H20ClN5OS/c1-14-11-15(2)29-12-17(27-23(29)26-14)13-32-24-28-20-9-5-4-7-18(20)22(31)30(24)21-10-6-8-19(25)16(21)3/h4-12H,13H2,1-3H3. The molecular weight excluding hydrogens is 442 g/mol. The van der Waals surface area contributed by atoms with Gasteiger partial charge in [0.05, 0.1) is 22.3 Å². The Balaban J connectivity index is 1.62. The van der Waals surface area contributed by atoms with Crippen molar-refractivity contribution in [3.05, 3.63) is 92.7 Å². The first-order valence-electron chi connectivity index (χ1n) is 10.1. The number of para-hydroxylation sites is 1. The highest BCUT2D eigenvalue weighted by molar-refractivity contribution is 7.98. The summed E-state index contributed by atoms with van der Waals surface area (Å²) in [6.07, 6.45) is 1.98. The molecule has 6 nitrogen and oxygen atoms in total. The molecule has 5 rings (SSSR count). The molecule has 0 unspecified atom stereocenters. The maximum atomic E-state index is 13.5. The van der Waals surface area contributed by atoms with Crippen LogP contribution in [0.4, 0.5) is 0 Å². The third-order valence-electron chi connectivity index (χ3n) is 5.39. The minimum absolute atomic E-state index is 0.119. The molecule has 0 aliphatic carbocycles. The van der Waals surface area contributed by atoms with Gasteiger partial charge in [0.2, 0.25) is 5.78 Å². The second-order valence-corrected chi connectivity index (χ2v) is 9.02. The molecule has 3 aromatic heterocycles. The van der Waals surface area contributed by atoms with Gasteiger partial charge in [0.1, 0.15) is 0 Å². The maximum Gasteiger partial charge on any atom is 0.266 e. The van der Waals surface area contributed by atoms with Gasteiger partial charge in [-0.1, -0.05) is 41.6 Å². The molecule has 0 saturated heterocycles. The topological polar surface area (TPSA) is 65.1 Å². The first-order chi connectivity index (χ1) is 15.4. The van der Waals surface area contributed by atoms with Crippen LogP contribution >= 0.6 is 23.4 Å². The Hall–Kier alpha value is -3.16. The van der Waals surface area contributed by atoms with E-state index in [1.807, 2.05) is 73.8 Å². The number of nitrogens with zero attached hydrogens (tertiary/aromatic N) is 5. The van der Waals surface area contributed by atoms with E-state index in [1.165, 1.54) is 11.8 Å². The zero-order valence-electron chi connectivity index (χ0n) is 17.8. The van der Waals surface area contributed by atoms with Crippen molar-refractivity contribution in [2.75, 3.05) is 0 Å². The summed E-state index contributed by atoms with van der Waals surface area (Å²) in [6.45, 7) is 5.90. The fraction of sp³-hybridized carbons (Fsp3) is 0.167. The number of hydrogen-bond acceptors (Lipinski definition) is 5. The molecule has 0 bridgehead atoms. The average molecular weight is 462 g/mol. The first kappa shape index (κ1) is 20.7. The molecule has 2 aromatic carbocycles. The Morgan fingerprint density at radius 2 is 1.81 bits per heavy atom. The van der Waals surface area contributed by atoms with E-state index in [-0.39, 0.29) is 5.56 Å². The van der Waals surface area contributed by atoms with Gasteiger partial charge in [0.25, 0.3) is 5.56 Å². The fourth-order valence-electron chi connectivity index (χ4n) is 3.79. The molecule has 0 fully saturated rings. The summed E-state index contributed by atoms with van der Waals surface area (Å²) in [5.41, 5.74) is 4.98. The molecule has 8 heteroatoms. The van der Waals surface area contributed by atoms with Crippen LogP contribution in [-0.2, 0) is 5.75 Å². The fourth-order valence-corrected chi connectivity index (χ4v) is 4.85. The van der Waals surface area contributed by atoms with Gasteiger partial charge in [0.15, 0.2) is 5.16 Å². The summed E-state index contributed by atoms with van der Waals surface area (Å²) in [5.74, 6) is 1.22. The van der Waals surface area contributed by atoms with Crippen molar-refractivity contribution < 1.29 is 0 Å². The Morgan fingerprint density at radius 3 is 2.66 bits per heavy atom. The second kappa shape index (κ2) is 8.07. The van der Waals surface area contributed by atoms with E-state index in [2.05, 4.69) is 9.97 Å². The van der Waals surface area contributed by atoms with E-state index < -0.39 is 0 Å². The third kappa shape index (κ3) is 3.57. The SMILES string of the molecule is Cc1cc(C)n2cc(CSc3nc4ccccc4c(=O)n3-c3cccc(Cl)c3C)nc2n1. The first-order valence-corrected chi connectivity index (χ1v) is 11.5. The minimum Gasteiger partial charge on any atom is -0.288 e. The van der Waals surface area contributed by atoms with Crippen molar-refractivity contribution in [3.8, 4) is 5.69 Å². The zero-order valence-corrected chi connectivity index (χ0v) is 19.4. The van der Waals surface area contributed by atoms with Gasteiger partial charge >= 0.3 is 0 Å². The van der Waals surface area contributed by atoms with E-state index in [0.29, 0.717) is 32.6 Å². The Bertz CT molecular complexity index is 1560. The van der Waals surface area contributed by atoms with Crippen LogP contribution in [0.15, 0.2) is 64.7 Å². The van der Waals surface area contributed by atoms with Gasteiger partial charge in [-0.05, 0) is 56.7 Å². The van der Waals surface area contributed by atoms with Gasteiger partial charge in [-0.3, -0.25) is 13.8 Å². The molecule has 0 aliphatic rings. The summed E-state index contributed by atoms with van der Waals surface area (Å²) in [6, 6.07) is 15.0. The molecule has 0 aliphatic heterocycles. The summed E-state index contributed by atoms with van der Waals surface area (Å²) in [5, 5.41) is 1.77. The number of aromatic nitrogens is 5. The predicted octanol–water partition coefficient (Wildman–Crippen LogP) is 5.30. The van der Waals surface area contributed by atoms with Crippen molar-refractivity contribution >= 4 is 40.0 Å². The summed E-state index contributed by atoms with van der Waals surface area (Å²) < 4.78 is 3.63. The average Bonchev–Trinajstić information content (AvgIpc) is 3.18. The van der Waals surface area contributed by atoms with Crippen molar-refractivity contribution in [1.82, 2.24) is 23.9 Å². The highest BCUT2D eigenvalue weighted by atomic mass is 35.5. The Kier molecular flexibility index (Phi) is 5.23. The molecule has 0 atom stereocenters. The lowest BCUT2D eigenvalue weighted by molar-refractivity contribution is 0.814. The van der Waals surface area contributed by atoms with Crippen molar-refractivity contribution in [2.45, 2.75) is 31.7 Å². The van der Waals surface area contributed by atoms with E-state index in [4.69, 9.17) is 16.6 Å². The van der Waals surface area contributed by atoms with Crippen molar-refractivity contribution in [2.24, 2.45) is 0 Å². The lowest BCUT2D eigenvalue weighted by atomic mass is 10.2. The highest BCUT2D eigenvalue weighted by Crippen LogP contribution is 2.28. The summed E-state index contributed by atoms with van der Waals surface area (Å²) in [7, 11) is 0. The van der Waals surface area contributed by atoms with Gasteiger partial charge in [0, 0.05) is 28.4 Å². The van der Waals surface area contributed by atoms with Crippen LogP contribution in [0.3, 0.4) is 0 Å². The highest BCUT2D eigenvalue weighted by Gasteiger charge is 2.17. The minimum atomic E-state index is -0.119. The molecule has 0 spiro atoms. The van der Waals surface area contributed by atoms with Crippen LogP contribution in [0, 0.1) is 20.8 Å². The van der Waals surface area contributed by atoms with Gasteiger partial charge in [-0.2, -0.15) is 0 Å². The Labute approximate surface area is 193 Å². The van der Waals surface area contributed by atoms with E-state index >= 15 is 0 Å². The number of benzene rings is 2. The number of thioether (sulfide) groups is 1. The van der Waals surface area contributed by atoms with E-state index in [1.54, 1.807) is 10.6 Å². The van der Waals surface area contributed by atoms with Crippen LogP contribution in [0.5, 0.6) is 0 Å². The number of imidazole rings is 1. The maximum absolute atomic E-state index is 13.5. The number of rotatable bonds is 4. The van der Waals surface area contributed by atoms with Crippen LogP contribution < -0.4 is 5.56 Å². The lowest BCUT2D eigenvalue weighted by Gasteiger charge is -2.15. The van der Waals surface area contributed by atoms with Gasteiger partial charge < -0.3 is 0 Å². The van der Waals surface area contributed by atoms with Crippen LogP contribution in [0.2, 0.25) is 5.02 Å². The molecule has 0 N–H and O–H groups in total. The van der Waals surface area contributed by atoms with Crippen LogP contribution in [0.25, 0.3) is 22.4 Å². The number of aryl methyl sites for hydroxylation is 2. The molecule has 160 valence electrons. The van der Waals surface area contributed by atoms with Gasteiger partial charge in [-0.15, -0.1) is 0 Å². The van der Waals surface area contributed by atoms with E-state index in [9.17, 15) is 4.79 Å². The monoisotopic (exact) mass is 461 g/mol. The van der Waals surface area contributed by atoms with Crippen molar-refractivity contribution in [3.63, 3.8) is 0 Å². The normalized spacial score (nSPS) is 11.5. The zero-order chi connectivity index (χ0) is 22.4. The summed E-state index contributed by atoms with van der Waals surface area (Å²) >= 11 is 7.84. The summed E-state index contributed by atoms with van der Waals surface area (Å²) in [4.78, 5) is 27.5. The van der Waals surface area contributed by atoms with Crippen molar-refractivity contribution in [1.29, 1.82) is 0 Å². The van der Waals surface area contributed by atoms with Crippen LogP contribution in [0.1, 0.15) is 22.6 Å². The second-order valence-electron chi connectivity index (χ2n) is 7.67. The molecule has 5 aromatic rings. The largest absolute Gasteiger partial charge is 0.288 e. The predicted molar refractivity (Wildman–Crippen MR) is 129 cm³/mol. The molecule has 32 heavy (non-hydrogen) atoms. The van der Waals surface area contributed by atoms with Crippen LogP contribution in [-0.4, -0.2) is 23.9 Å². The smallest absolute Gasteiger partial charge is 0.266 e. The molecule has 3 heterocycles. The van der Waals surface area contributed by atoms with Gasteiger partial charge in [-0.25, -0.2) is 15.0 Å². The molecule has 0 amide bonds. The van der Waals surface area contributed by atoms with E-state index in [0.717, 1.165) is 28.3 Å².